The van der Waals surface area contributed by atoms with Crippen LogP contribution in [0.25, 0.3) is 32.9 Å². The van der Waals surface area contributed by atoms with Crippen LogP contribution in [-0.2, 0) is 15.9 Å². The molecule has 9 rings (SSSR count). The summed E-state index contributed by atoms with van der Waals surface area (Å²) in [4.78, 5) is 18.8. The third-order valence-corrected chi connectivity index (χ3v) is 13.6. The van der Waals surface area contributed by atoms with Crippen molar-refractivity contribution in [3.8, 4) is 23.0 Å². The second-order valence-corrected chi connectivity index (χ2v) is 17.4. The molecule has 4 atom stereocenters. The highest BCUT2D eigenvalue weighted by atomic mass is 19.1. The van der Waals surface area contributed by atoms with Crippen LogP contribution in [0.4, 0.5) is 14.6 Å². The molecule has 1 unspecified atom stereocenters. The van der Waals surface area contributed by atoms with Gasteiger partial charge in [0, 0.05) is 35.8 Å². The van der Waals surface area contributed by atoms with Crippen LogP contribution in [-0.4, -0.2) is 111 Å². The number of β-amino-alcohol motifs (C(OH)–C–C–N with tert-alkyl or cyclic N) is 1. The molecular weight excluding hydrogens is 720 g/mol. The number of pyridine rings is 1. The Kier molecular flexibility index (Phi) is 9.84. The summed E-state index contributed by atoms with van der Waals surface area (Å²) < 4.78 is 51.0. The van der Waals surface area contributed by atoms with Gasteiger partial charge in [-0.25, -0.2) is 8.78 Å². The number of aryl methyl sites for hydroxylation is 1. The van der Waals surface area contributed by atoms with Gasteiger partial charge in [0.2, 0.25) is 0 Å². The van der Waals surface area contributed by atoms with E-state index in [0.29, 0.717) is 47.3 Å². The van der Waals surface area contributed by atoms with Gasteiger partial charge in [0.1, 0.15) is 34.2 Å². The number of aromatic nitrogens is 3. The Morgan fingerprint density at radius 3 is 2.59 bits per heavy atom. The van der Waals surface area contributed by atoms with Gasteiger partial charge >= 0.3 is 6.01 Å². The lowest BCUT2D eigenvalue weighted by atomic mass is 9.72. The van der Waals surface area contributed by atoms with Gasteiger partial charge in [-0.05, 0) is 112 Å². The quantitative estimate of drug-likeness (QED) is 0.182. The number of piperidine rings is 1. The lowest BCUT2D eigenvalue weighted by Gasteiger charge is -2.53. The fourth-order valence-corrected chi connectivity index (χ4v) is 10.8. The molecule has 56 heavy (non-hydrogen) atoms. The van der Waals surface area contributed by atoms with E-state index in [9.17, 15) is 15.3 Å². The maximum Gasteiger partial charge on any atom is 0.319 e. The smallest absolute Gasteiger partial charge is 0.319 e. The standard InChI is InChI=1S/C43H53F2N5O6/c1-3-30-33(44)8-7-26-18-28(52)19-31(35(26)30)37-36(45)38-32(20-46-37)39(49-21-29(22-51)54-24-41(2,53)23-49)48-40(47-38)55-25-42-11-4-6-34(42)50(16-5-12-42)27-9-13-43(14-10-27)15-17-56-43/h7-8,18-20,27,29,34,51-53H,3-6,9-17,21-25H2,1-2H3/t27?,29-,34-,41+,42?,43?/m1/s1. The first-order valence-corrected chi connectivity index (χ1v) is 20.5. The molecule has 2 aliphatic carbocycles. The van der Waals surface area contributed by atoms with Crippen LogP contribution in [0.1, 0.15) is 83.6 Å². The number of benzene rings is 2. The number of hydrogen-bond acceptors (Lipinski definition) is 11. The first-order chi connectivity index (χ1) is 27.0. The molecule has 11 nitrogen and oxygen atoms in total. The van der Waals surface area contributed by atoms with Gasteiger partial charge in [-0.1, -0.05) is 19.4 Å². The fourth-order valence-electron chi connectivity index (χ4n) is 10.8. The number of hydrogen-bond donors (Lipinski definition) is 3. The van der Waals surface area contributed by atoms with Crippen LogP contribution in [0.5, 0.6) is 11.8 Å². The average molecular weight is 774 g/mol. The average Bonchev–Trinajstić information content (AvgIpc) is 3.55. The Morgan fingerprint density at radius 1 is 1.04 bits per heavy atom. The Balaban J connectivity index is 1.11. The molecule has 3 N–H and O–H groups in total. The minimum atomic E-state index is -1.31. The summed E-state index contributed by atoms with van der Waals surface area (Å²) >= 11 is 0. The number of anilines is 1. The molecule has 1 spiro atoms. The molecule has 300 valence electrons. The SMILES string of the molecule is CCc1c(F)ccc2cc(O)cc(-c3ncc4c(N5C[C@H](CO)OC[C@@](C)(O)C5)nc(OCC56CCC[C@H]5N(C5CCC7(CCO7)CC5)CCC6)nc4c3F)c12. The van der Waals surface area contributed by atoms with Crippen molar-refractivity contribution in [1.82, 2.24) is 19.9 Å². The summed E-state index contributed by atoms with van der Waals surface area (Å²) in [5.74, 6) is -0.994. The van der Waals surface area contributed by atoms with Gasteiger partial charge in [-0.15, -0.1) is 0 Å². The molecule has 5 heterocycles. The third-order valence-electron chi connectivity index (χ3n) is 13.6. The maximum atomic E-state index is 17.3. The van der Waals surface area contributed by atoms with E-state index in [0.717, 1.165) is 70.9 Å². The summed E-state index contributed by atoms with van der Waals surface area (Å²) in [6.45, 7) is 5.80. The number of aromatic hydroxyl groups is 1. The van der Waals surface area contributed by atoms with E-state index in [4.69, 9.17) is 24.2 Å². The maximum absolute atomic E-state index is 17.3. The Labute approximate surface area is 326 Å². The van der Waals surface area contributed by atoms with Gasteiger partial charge in [0.15, 0.2) is 5.82 Å². The van der Waals surface area contributed by atoms with Crippen molar-refractivity contribution in [3.05, 3.63) is 47.7 Å². The summed E-state index contributed by atoms with van der Waals surface area (Å²) in [6, 6.07) is 6.78. The zero-order valence-electron chi connectivity index (χ0n) is 32.4. The number of fused-ring (bicyclic) bond motifs is 3. The number of aliphatic hydroxyl groups is 2. The van der Waals surface area contributed by atoms with Gasteiger partial charge in [-0.3, -0.25) is 9.88 Å². The second-order valence-electron chi connectivity index (χ2n) is 17.4. The minimum absolute atomic E-state index is 0.00579. The molecule has 0 amide bonds. The van der Waals surface area contributed by atoms with Crippen molar-refractivity contribution in [2.24, 2.45) is 5.41 Å². The van der Waals surface area contributed by atoms with E-state index in [-0.39, 0.29) is 71.2 Å². The predicted octanol–water partition coefficient (Wildman–Crippen LogP) is 6.45. The molecule has 3 aliphatic heterocycles. The molecule has 2 aromatic carbocycles. The van der Waals surface area contributed by atoms with Crippen molar-refractivity contribution < 1.29 is 38.3 Å². The van der Waals surface area contributed by atoms with Crippen LogP contribution in [0.3, 0.4) is 0 Å². The Bertz CT molecular complexity index is 2120. The number of phenolic OH excluding ortho intramolecular Hbond substituents is 1. The van der Waals surface area contributed by atoms with Crippen molar-refractivity contribution in [2.45, 2.75) is 114 Å². The van der Waals surface area contributed by atoms with Gasteiger partial charge in [0.05, 0.1) is 50.1 Å². The van der Waals surface area contributed by atoms with Crippen LogP contribution >= 0.6 is 0 Å². The molecule has 0 bridgehead atoms. The number of ether oxygens (including phenoxy) is 3. The van der Waals surface area contributed by atoms with E-state index in [1.807, 2.05) is 6.92 Å². The van der Waals surface area contributed by atoms with Gasteiger partial charge in [-0.2, -0.15) is 9.97 Å². The number of aliphatic hydroxyl groups excluding tert-OH is 1. The lowest BCUT2D eigenvalue weighted by Crippen LogP contribution is -2.58. The molecule has 13 heteroatoms. The van der Waals surface area contributed by atoms with E-state index in [1.165, 1.54) is 30.8 Å². The van der Waals surface area contributed by atoms with Gasteiger partial charge in [0.25, 0.3) is 0 Å². The van der Waals surface area contributed by atoms with Crippen LogP contribution in [0.2, 0.25) is 0 Å². The summed E-state index contributed by atoms with van der Waals surface area (Å²) in [7, 11) is 0. The predicted molar refractivity (Wildman–Crippen MR) is 208 cm³/mol. The third kappa shape index (κ3) is 6.66. The largest absolute Gasteiger partial charge is 0.508 e. The van der Waals surface area contributed by atoms with Crippen LogP contribution < -0.4 is 9.64 Å². The normalized spacial score (nSPS) is 31.1. The van der Waals surface area contributed by atoms with Gasteiger partial charge < -0.3 is 34.4 Å². The van der Waals surface area contributed by atoms with E-state index in [2.05, 4.69) is 9.88 Å². The van der Waals surface area contributed by atoms with Crippen molar-refractivity contribution >= 4 is 27.5 Å². The monoisotopic (exact) mass is 773 g/mol. The van der Waals surface area contributed by atoms with Crippen LogP contribution in [0.15, 0.2) is 30.5 Å². The molecule has 5 aliphatic rings. The first kappa shape index (κ1) is 37.8. The highest BCUT2D eigenvalue weighted by Crippen LogP contribution is 2.51. The number of phenols is 1. The topological polar surface area (TPSA) is 134 Å². The number of rotatable bonds is 8. The zero-order valence-corrected chi connectivity index (χ0v) is 32.4. The fraction of sp³-hybridized carbons (Fsp3) is 0.605. The molecule has 2 aromatic heterocycles. The van der Waals surface area contributed by atoms with Crippen molar-refractivity contribution in [2.75, 3.05) is 51.0 Å². The molecule has 5 fully saturated rings. The number of halogens is 2. The molecule has 0 radical (unpaired) electrons. The molecule has 3 saturated heterocycles. The Morgan fingerprint density at radius 2 is 1.84 bits per heavy atom. The molecule has 2 saturated carbocycles. The lowest BCUT2D eigenvalue weighted by molar-refractivity contribution is -0.175. The summed E-state index contributed by atoms with van der Waals surface area (Å²) in [5, 5.41) is 33.5. The van der Waals surface area contributed by atoms with E-state index < -0.39 is 23.3 Å². The Hall–Kier alpha value is -3.75. The zero-order chi connectivity index (χ0) is 38.8. The van der Waals surface area contributed by atoms with E-state index in [1.54, 1.807) is 17.9 Å². The van der Waals surface area contributed by atoms with Crippen LogP contribution in [0, 0.1) is 17.0 Å². The van der Waals surface area contributed by atoms with Crippen molar-refractivity contribution in [3.63, 3.8) is 0 Å². The summed E-state index contributed by atoms with van der Waals surface area (Å²) in [5.41, 5.74) is -0.782. The van der Waals surface area contributed by atoms with Crippen molar-refractivity contribution in [1.29, 1.82) is 0 Å². The number of nitrogens with zero attached hydrogens (tertiary/aromatic N) is 5. The minimum Gasteiger partial charge on any atom is -0.508 e. The first-order valence-electron chi connectivity index (χ1n) is 20.5. The molecule has 4 aromatic rings. The second kappa shape index (κ2) is 14.6. The van der Waals surface area contributed by atoms with E-state index >= 15 is 8.78 Å². The summed E-state index contributed by atoms with van der Waals surface area (Å²) in [6.07, 6.45) is 12.3. The number of likely N-dealkylation sites (tertiary alicyclic amines) is 1. The highest BCUT2D eigenvalue weighted by molar-refractivity contribution is 6.01. The molecular formula is C43H53F2N5O6. The highest BCUT2D eigenvalue weighted by Gasteiger charge is 2.52.